The van der Waals surface area contributed by atoms with Crippen LogP contribution in [0.1, 0.15) is 19.4 Å². The Labute approximate surface area is 401 Å². The number of nitrogens with one attached hydrogen (secondary N) is 6. The van der Waals surface area contributed by atoms with Gasteiger partial charge in [-0.2, -0.15) is 51.9 Å². The van der Waals surface area contributed by atoms with Gasteiger partial charge in [-0.1, -0.05) is 24.3 Å². The Morgan fingerprint density at radius 2 is 1.14 bits per heavy atom. The van der Waals surface area contributed by atoms with Crippen LogP contribution in [0.5, 0.6) is 11.5 Å². The highest BCUT2D eigenvalue weighted by atomic mass is 35.5. The van der Waals surface area contributed by atoms with E-state index in [4.69, 9.17) is 32.7 Å². The second-order valence-electron chi connectivity index (χ2n) is 14.3. The van der Waals surface area contributed by atoms with E-state index in [-0.39, 0.29) is 79.5 Å². The molecule has 69 heavy (non-hydrogen) atoms. The van der Waals surface area contributed by atoms with Crippen LogP contribution in [0.25, 0.3) is 10.8 Å². The van der Waals surface area contributed by atoms with E-state index in [9.17, 15) is 35.5 Å². The summed E-state index contributed by atoms with van der Waals surface area (Å²) in [6.07, 6.45) is 0. The Hall–Kier alpha value is -7.88. The maximum absolute atomic E-state index is 12.4. The van der Waals surface area contributed by atoms with Crippen LogP contribution in [-0.2, 0) is 29.8 Å². The van der Waals surface area contributed by atoms with Gasteiger partial charge in [0.15, 0.2) is 0 Å². The lowest BCUT2D eigenvalue weighted by atomic mass is 10.1. The number of fused-ring (bicyclic) bond motifs is 1. The molecule has 0 unspecified atom stereocenters. The van der Waals surface area contributed by atoms with Crippen molar-refractivity contribution in [1.82, 2.24) is 29.9 Å². The van der Waals surface area contributed by atoms with Crippen LogP contribution in [0.3, 0.4) is 0 Å². The molecule has 0 spiro atoms. The summed E-state index contributed by atoms with van der Waals surface area (Å²) in [5.41, 5.74) is 2.50. The van der Waals surface area contributed by atoms with Crippen molar-refractivity contribution in [2.75, 3.05) is 46.1 Å². The van der Waals surface area contributed by atoms with E-state index in [0.717, 1.165) is 23.8 Å². The minimum atomic E-state index is -4.95. The Kier molecular flexibility index (Phi) is 14.3. The van der Waals surface area contributed by atoms with Gasteiger partial charge in [0.2, 0.25) is 46.2 Å². The third kappa shape index (κ3) is 12.0. The Morgan fingerprint density at radius 3 is 1.72 bits per heavy atom. The number of amides is 2. The molecule has 0 saturated heterocycles. The second kappa shape index (κ2) is 20.1. The topological polar surface area (TPSA) is 336 Å². The van der Waals surface area contributed by atoms with Crippen molar-refractivity contribution in [3.63, 3.8) is 0 Å². The monoisotopic (exact) mass is 1020 g/mol. The number of ether oxygens (including phenoxy) is 2. The van der Waals surface area contributed by atoms with Gasteiger partial charge in [0.05, 0.1) is 48.3 Å². The van der Waals surface area contributed by atoms with Gasteiger partial charge < -0.3 is 41.4 Å². The normalized spacial score (nSPS) is 11.6. The SMILES string of the molecule is COc1cc(N=Nc2cc(S(=O)(=O)O)c3cccc(S(=O)(=O)O)c3c2)c(NC(C)=O)cc1Nc1nc(Cl)nc(Nc2cccc(C)c2Nc2nc(Cl)nc(Nc3cc(NC(C)=O)ccc3OC)n2)n1. The summed E-state index contributed by atoms with van der Waals surface area (Å²) in [6, 6.07) is 18.6. The Morgan fingerprint density at radius 1 is 0.580 bits per heavy atom. The fourth-order valence-corrected chi connectivity index (χ4v) is 8.29. The largest absolute Gasteiger partial charge is 0.495 e. The van der Waals surface area contributed by atoms with Crippen molar-refractivity contribution in [2.45, 2.75) is 30.6 Å². The maximum atomic E-state index is 12.4. The van der Waals surface area contributed by atoms with E-state index in [1.54, 1.807) is 30.3 Å². The van der Waals surface area contributed by atoms with E-state index in [2.05, 4.69) is 72.0 Å². The van der Waals surface area contributed by atoms with Crippen LogP contribution in [0, 0.1) is 6.92 Å². The number of carbonyl (C=O) groups excluding carboxylic acids is 2. The van der Waals surface area contributed by atoms with Crippen molar-refractivity contribution in [3.8, 4) is 11.5 Å². The van der Waals surface area contributed by atoms with Crippen molar-refractivity contribution >= 4 is 135 Å². The summed E-state index contributed by atoms with van der Waals surface area (Å²) in [6.45, 7) is 4.43. The summed E-state index contributed by atoms with van der Waals surface area (Å²) in [5.74, 6) is -0.311. The number of benzene rings is 5. The third-order valence-corrected chi connectivity index (χ3v) is 11.5. The van der Waals surface area contributed by atoms with Crippen molar-refractivity contribution < 1.29 is 45.0 Å². The molecule has 0 bridgehead atoms. The number of para-hydroxylation sites is 1. The standard InChI is InChI=1S/C41H36Cl2N14O10S2/c1-19-8-6-10-26(35(19)49-41-53-37(43)52-39(55-41)47-29-15-22(44-20(2)58)12-13-31(29)66-4)46-38-50-36(42)51-40(54-38)48-30-17-27(45-21(3)59)28(18-32(30)67-5)57-56-23-14-25-24(34(16-23)69(63,64)65)9-7-11-33(25)68(60,61)62/h6-18H,1-5H3,(H,44,58)(H,45,59)(H,60,61,62)(H,63,64,65)(H2,46,48,50,51,54)(H2,47,49,52,53,55). The molecule has 0 fully saturated rings. The molecule has 0 radical (unpaired) electrons. The number of anilines is 10. The molecule has 7 aromatic rings. The molecule has 0 saturated carbocycles. The van der Waals surface area contributed by atoms with E-state index in [1.807, 2.05) is 13.0 Å². The van der Waals surface area contributed by atoms with E-state index < -0.39 is 35.9 Å². The molecule has 28 heteroatoms. The number of nitrogens with zero attached hydrogens (tertiary/aromatic N) is 8. The van der Waals surface area contributed by atoms with Gasteiger partial charge >= 0.3 is 0 Å². The van der Waals surface area contributed by atoms with Crippen molar-refractivity contribution in [3.05, 3.63) is 95.0 Å². The number of halogens is 2. The van der Waals surface area contributed by atoms with Gasteiger partial charge in [-0.3, -0.25) is 18.7 Å². The molecule has 2 heterocycles. The number of carbonyl (C=O) groups is 2. The van der Waals surface area contributed by atoms with Gasteiger partial charge in [-0.05, 0) is 84.2 Å². The smallest absolute Gasteiger partial charge is 0.295 e. The molecule has 0 aliphatic heterocycles. The molecule has 5 aromatic carbocycles. The van der Waals surface area contributed by atoms with Crippen LogP contribution in [0.15, 0.2) is 98.9 Å². The average molecular weight is 1020 g/mol. The van der Waals surface area contributed by atoms with Gasteiger partial charge in [-0.25, -0.2) is 0 Å². The van der Waals surface area contributed by atoms with Crippen LogP contribution < -0.4 is 41.4 Å². The molecular formula is C41H36Cl2N14O10S2. The Balaban J connectivity index is 1.18. The lowest BCUT2D eigenvalue weighted by Gasteiger charge is -2.17. The van der Waals surface area contributed by atoms with Crippen molar-refractivity contribution in [2.24, 2.45) is 10.2 Å². The van der Waals surface area contributed by atoms with Gasteiger partial charge in [-0.15, -0.1) is 5.11 Å². The highest BCUT2D eigenvalue weighted by Crippen LogP contribution is 2.40. The molecule has 8 N–H and O–H groups in total. The fraction of sp³-hybridized carbons (Fsp3) is 0.122. The number of methoxy groups -OCH3 is 2. The number of aryl methyl sites for hydroxylation is 1. The number of hydrogen-bond donors (Lipinski definition) is 8. The van der Waals surface area contributed by atoms with Crippen LogP contribution in [0.4, 0.5) is 69.3 Å². The van der Waals surface area contributed by atoms with E-state index in [1.165, 1.54) is 52.3 Å². The number of hydrogen-bond acceptors (Lipinski definition) is 20. The lowest BCUT2D eigenvalue weighted by Crippen LogP contribution is -2.09. The van der Waals surface area contributed by atoms with Crippen molar-refractivity contribution in [1.29, 1.82) is 0 Å². The molecule has 0 aliphatic carbocycles. The summed E-state index contributed by atoms with van der Waals surface area (Å²) < 4.78 is 80.0. The second-order valence-corrected chi connectivity index (χ2v) is 17.7. The first-order valence-electron chi connectivity index (χ1n) is 19.6. The number of azo groups is 1. The van der Waals surface area contributed by atoms with E-state index >= 15 is 0 Å². The molecule has 0 aliphatic rings. The summed E-state index contributed by atoms with van der Waals surface area (Å²) in [5, 5.41) is 25.0. The summed E-state index contributed by atoms with van der Waals surface area (Å²) in [7, 11) is -7.00. The maximum Gasteiger partial charge on any atom is 0.295 e. The summed E-state index contributed by atoms with van der Waals surface area (Å²) >= 11 is 12.7. The van der Waals surface area contributed by atoms with Gasteiger partial charge in [0, 0.05) is 36.4 Å². The zero-order valence-electron chi connectivity index (χ0n) is 36.3. The fourth-order valence-electron chi connectivity index (χ4n) is 6.55. The van der Waals surface area contributed by atoms with Crippen LogP contribution >= 0.6 is 23.2 Å². The minimum absolute atomic E-state index is 0.0297. The molecule has 356 valence electrons. The minimum Gasteiger partial charge on any atom is -0.495 e. The third-order valence-electron chi connectivity index (χ3n) is 9.35. The first-order valence-corrected chi connectivity index (χ1v) is 23.2. The molecule has 0 atom stereocenters. The summed E-state index contributed by atoms with van der Waals surface area (Å²) in [4.78, 5) is 48.5. The molecule has 24 nitrogen and oxygen atoms in total. The zero-order valence-corrected chi connectivity index (χ0v) is 39.5. The molecule has 2 amide bonds. The first-order chi connectivity index (χ1) is 32.7. The lowest BCUT2D eigenvalue weighted by molar-refractivity contribution is -0.115. The predicted octanol–water partition coefficient (Wildman–Crippen LogP) is 8.64. The molecule has 2 aromatic heterocycles. The molecule has 7 rings (SSSR count). The Bertz CT molecular complexity index is 3460. The predicted molar refractivity (Wildman–Crippen MR) is 256 cm³/mol. The quantitative estimate of drug-likeness (QED) is 0.0331. The average Bonchev–Trinajstić information content (AvgIpc) is 3.25. The van der Waals surface area contributed by atoms with Crippen LogP contribution in [0.2, 0.25) is 10.6 Å². The number of aromatic nitrogens is 6. The van der Waals surface area contributed by atoms with Gasteiger partial charge in [0.25, 0.3) is 20.2 Å². The number of rotatable bonds is 16. The van der Waals surface area contributed by atoms with Crippen LogP contribution in [-0.4, -0.2) is 81.9 Å². The zero-order chi connectivity index (χ0) is 49.8. The van der Waals surface area contributed by atoms with Gasteiger partial charge in [0.1, 0.15) is 27.0 Å². The first kappa shape index (κ1) is 49.0. The highest BCUT2D eigenvalue weighted by Gasteiger charge is 2.22. The molecular weight excluding hydrogens is 984 g/mol. The highest BCUT2D eigenvalue weighted by molar-refractivity contribution is 7.86. The van der Waals surface area contributed by atoms with E-state index in [0.29, 0.717) is 28.5 Å².